The highest BCUT2D eigenvalue weighted by Gasteiger charge is 2.24. The maximum absolute atomic E-state index is 12.4. The maximum Gasteiger partial charge on any atom is 0.363 e. The van der Waals surface area contributed by atoms with Gasteiger partial charge in [-0.2, -0.15) is 0 Å². The summed E-state index contributed by atoms with van der Waals surface area (Å²) in [4.78, 5) is 16.8. The summed E-state index contributed by atoms with van der Waals surface area (Å²) in [7, 11) is 0. The summed E-state index contributed by atoms with van der Waals surface area (Å²) in [6.45, 7) is 0.698. The zero-order valence-electron chi connectivity index (χ0n) is 16.0. The summed E-state index contributed by atoms with van der Waals surface area (Å²) in [5.74, 6) is -0.111. The van der Waals surface area contributed by atoms with Crippen molar-refractivity contribution in [2.75, 3.05) is 0 Å². The molecule has 0 radical (unpaired) electrons. The highest BCUT2D eigenvalue weighted by molar-refractivity contribution is 6.30. The Labute approximate surface area is 178 Å². The third kappa shape index (κ3) is 3.53. The molecule has 2 heterocycles. The predicted molar refractivity (Wildman–Crippen MR) is 120 cm³/mol. The fraction of sp³-hybridized carbons (Fsp3) is 0.0400. The Morgan fingerprint density at radius 2 is 1.67 bits per heavy atom. The van der Waals surface area contributed by atoms with Crippen molar-refractivity contribution in [1.29, 1.82) is 0 Å². The molecule has 4 aromatic rings. The number of hydrogen-bond donors (Lipinski definition) is 0. The van der Waals surface area contributed by atoms with Crippen molar-refractivity contribution in [3.8, 4) is 0 Å². The molecule has 1 aliphatic heterocycles. The number of halogens is 1. The van der Waals surface area contributed by atoms with Crippen LogP contribution in [0.15, 0.2) is 95.7 Å². The van der Waals surface area contributed by atoms with Gasteiger partial charge in [0.1, 0.15) is 0 Å². The predicted octanol–water partition coefficient (Wildman–Crippen LogP) is 5.69. The number of carbonyl (C=O) groups excluding carboxylic acids is 1. The normalized spacial score (nSPS) is 14.9. The fourth-order valence-corrected chi connectivity index (χ4v) is 3.69. The molecule has 0 N–H and O–H groups in total. The second-order valence-corrected chi connectivity index (χ2v) is 7.49. The number of fused-ring (bicyclic) bond motifs is 1. The quantitative estimate of drug-likeness (QED) is 0.319. The van der Waals surface area contributed by atoms with Crippen LogP contribution in [0, 0.1) is 0 Å². The zero-order valence-corrected chi connectivity index (χ0v) is 16.7. The lowest BCUT2D eigenvalue weighted by Crippen LogP contribution is -2.04. The Balaban J connectivity index is 1.54. The largest absolute Gasteiger partial charge is 0.402 e. The summed E-state index contributed by atoms with van der Waals surface area (Å²) in [5.41, 5.74) is 4.22. The lowest BCUT2D eigenvalue weighted by molar-refractivity contribution is -0.129. The summed E-state index contributed by atoms with van der Waals surface area (Å²) >= 11 is 6.01. The number of cyclic esters (lactones) is 1. The van der Waals surface area contributed by atoms with Crippen molar-refractivity contribution >= 4 is 40.4 Å². The van der Waals surface area contributed by atoms with Gasteiger partial charge in [0.05, 0.1) is 0 Å². The Bertz CT molecular complexity index is 1300. The van der Waals surface area contributed by atoms with Gasteiger partial charge < -0.3 is 9.30 Å². The molecule has 30 heavy (non-hydrogen) atoms. The number of carbonyl (C=O) groups is 1. The number of hydrogen-bond acceptors (Lipinski definition) is 3. The molecule has 3 aromatic carbocycles. The zero-order chi connectivity index (χ0) is 20.5. The third-order valence-corrected chi connectivity index (χ3v) is 5.27. The number of nitrogens with zero attached hydrogens (tertiary/aromatic N) is 2. The number of rotatable bonds is 4. The summed E-state index contributed by atoms with van der Waals surface area (Å²) in [6, 6.07) is 25.3. The summed E-state index contributed by atoms with van der Waals surface area (Å²) < 4.78 is 7.54. The van der Waals surface area contributed by atoms with Crippen molar-refractivity contribution in [3.63, 3.8) is 0 Å². The molecule has 1 aliphatic rings. The van der Waals surface area contributed by atoms with Gasteiger partial charge >= 0.3 is 5.97 Å². The van der Waals surface area contributed by atoms with E-state index in [9.17, 15) is 4.79 Å². The molecule has 0 spiro atoms. The van der Waals surface area contributed by atoms with Gasteiger partial charge in [-0.1, -0.05) is 60.1 Å². The van der Waals surface area contributed by atoms with Gasteiger partial charge in [-0.3, -0.25) is 0 Å². The van der Waals surface area contributed by atoms with E-state index in [0.717, 1.165) is 27.6 Å². The summed E-state index contributed by atoms with van der Waals surface area (Å²) in [5, 5.41) is 1.77. The van der Waals surface area contributed by atoms with Crippen LogP contribution in [0.5, 0.6) is 0 Å². The topological polar surface area (TPSA) is 43.6 Å². The first-order chi connectivity index (χ1) is 14.7. The van der Waals surface area contributed by atoms with E-state index in [1.807, 2.05) is 79.0 Å². The standard InChI is InChI=1S/C25H17ClN2O2/c26-20-12-10-17(11-13-20)15-28-16-19(21-8-4-5-9-23(21)28)14-22-25(29)30-24(27-22)18-6-2-1-3-7-18/h1-14,16H,15H2/b22-14+. The van der Waals surface area contributed by atoms with Crippen LogP contribution >= 0.6 is 11.6 Å². The van der Waals surface area contributed by atoms with Gasteiger partial charge in [-0.05, 0) is 42.0 Å². The molecule has 5 heteroatoms. The van der Waals surface area contributed by atoms with Gasteiger partial charge in [-0.25, -0.2) is 9.79 Å². The number of para-hydroxylation sites is 1. The third-order valence-electron chi connectivity index (χ3n) is 5.02. The van der Waals surface area contributed by atoms with Gasteiger partial charge in [0.2, 0.25) is 5.90 Å². The van der Waals surface area contributed by atoms with Crippen molar-refractivity contribution < 1.29 is 9.53 Å². The Hall–Kier alpha value is -3.63. The first-order valence-electron chi connectivity index (χ1n) is 9.58. The average Bonchev–Trinajstić information content (AvgIpc) is 3.31. The molecular formula is C25H17ClN2O2. The summed E-state index contributed by atoms with van der Waals surface area (Å²) in [6.07, 6.45) is 3.83. The second-order valence-electron chi connectivity index (χ2n) is 7.06. The van der Waals surface area contributed by atoms with Crippen LogP contribution < -0.4 is 0 Å². The van der Waals surface area contributed by atoms with Crippen LogP contribution in [0.25, 0.3) is 17.0 Å². The van der Waals surface area contributed by atoms with Crippen molar-refractivity contribution in [2.24, 2.45) is 4.99 Å². The number of aliphatic imine (C=N–C) groups is 1. The van der Waals surface area contributed by atoms with E-state index in [0.29, 0.717) is 23.2 Å². The number of ether oxygens (including phenoxy) is 1. The lowest BCUT2D eigenvalue weighted by Gasteiger charge is -2.05. The minimum atomic E-state index is -0.441. The van der Waals surface area contributed by atoms with Crippen molar-refractivity contribution in [3.05, 3.63) is 112 Å². The van der Waals surface area contributed by atoms with Gasteiger partial charge in [-0.15, -0.1) is 0 Å². The van der Waals surface area contributed by atoms with E-state index < -0.39 is 5.97 Å². The minimum absolute atomic E-state index is 0.295. The molecule has 0 bridgehead atoms. The first-order valence-corrected chi connectivity index (χ1v) is 9.95. The van der Waals surface area contributed by atoms with Crippen LogP contribution in [0.3, 0.4) is 0 Å². The van der Waals surface area contributed by atoms with Crippen molar-refractivity contribution in [1.82, 2.24) is 4.57 Å². The number of aromatic nitrogens is 1. The average molecular weight is 413 g/mol. The molecular weight excluding hydrogens is 396 g/mol. The van der Waals surface area contributed by atoms with E-state index in [1.165, 1.54) is 0 Å². The molecule has 0 amide bonds. The Morgan fingerprint density at radius 1 is 0.933 bits per heavy atom. The molecule has 0 fully saturated rings. The van der Waals surface area contributed by atoms with Gasteiger partial charge in [0, 0.05) is 39.8 Å². The highest BCUT2D eigenvalue weighted by atomic mass is 35.5. The smallest absolute Gasteiger partial charge is 0.363 e. The van der Waals surface area contributed by atoms with E-state index in [-0.39, 0.29) is 0 Å². The Kier molecular flexibility index (Phi) is 4.69. The van der Waals surface area contributed by atoms with Gasteiger partial charge in [0.25, 0.3) is 0 Å². The molecule has 0 saturated carbocycles. The second kappa shape index (κ2) is 7.65. The monoisotopic (exact) mass is 412 g/mol. The van der Waals surface area contributed by atoms with Crippen LogP contribution in [0.1, 0.15) is 16.7 Å². The van der Waals surface area contributed by atoms with E-state index in [4.69, 9.17) is 16.3 Å². The molecule has 0 saturated heterocycles. The Morgan fingerprint density at radius 3 is 2.47 bits per heavy atom. The number of benzene rings is 3. The maximum atomic E-state index is 12.4. The molecule has 1 aromatic heterocycles. The van der Waals surface area contributed by atoms with Crippen molar-refractivity contribution in [2.45, 2.75) is 6.54 Å². The highest BCUT2D eigenvalue weighted by Crippen LogP contribution is 2.27. The van der Waals surface area contributed by atoms with E-state index in [2.05, 4.69) is 15.6 Å². The van der Waals surface area contributed by atoms with E-state index >= 15 is 0 Å². The SMILES string of the molecule is O=C1OC(c2ccccc2)=N/C1=C/c1cn(Cc2ccc(Cl)cc2)c2ccccc12. The molecule has 0 aliphatic carbocycles. The van der Waals surface area contributed by atoms with Crippen LogP contribution in [-0.2, 0) is 16.1 Å². The fourth-order valence-electron chi connectivity index (χ4n) is 3.57. The van der Waals surface area contributed by atoms with Crippen LogP contribution in [0.4, 0.5) is 0 Å². The minimum Gasteiger partial charge on any atom is -0.402 e. The number of esters is 1. The lowest BCUT2D eigenvalue weighted by atomic mass is 10.1. The van der Waals surface area contributed by atoms with E-state index in [1.54, 1.807) is 6.08 Å². The molecule has 0 unspecified atom stereocenters. The van der Waals surface area contributed by atoms with Crippen LogP contribution in [-0.4, -0.2) is 16.4 Å². The van der Waals surface area contributed by atoms with Crippen LogP contribution in [0.2, 0.25) is 5.02 Å². The molecule has 4 nitrogen and oxygen atoms in total. The molecule has 0 atom stereocenters. The molecule has 5 rings (SSSR count). The van der Waals surface area contributed by atoms with Gasteiger partial charge in [0.15, 0.2) is 5.70 Å². The molecule has 146 valence electrons. The first kappa shape index (κ1) is 18.4.